The number of amides is 1. The van der Waals surface area contributed by atoms with E-state index in [9.17, 15) is 9.90 Å². The molecule has 0 aliphatic carbocycles. The van der Waals surface area contributed by atoms with Crippen molar-refractivity contribution in [3.05, 3.63) is 35.9 Å². The standard InChI is InChI=1S/C19H27N3O3/c1-13(2)18(20)17(23)22-15(11-14-7-4-3-5-8-14)12-21-10-6-9-16(21)19(22,24)25-18/h3-5,7-8,13,15-16,24H,6,9-12,20H2,1-2H3/t15-,16-,18+,19-/m0/s1. The molecule has 3 aliphatic heterocycles. The number of rotatable bonds is 3. The zero-order chi connectivity index (χ0) is 17.8. The van der Waals surface area contributed by atoms with Crippen LogP contribution in [0.1, 0.15) is 32.3 Å². The van der Waals surface area contributed by atoms with Crippen molar-refractivity contribution in [2.75, 3.05) is 13.1 Å². The lowest BCUT2D eigenvalue weighted by atomic mass is 9.95. The second-order valence-corrected chi connectivity index (χ2v) is 7.88. The highest BCUT2D eigenvalue weighted by molar-refractivity contribution is 5.87. The summed E-state index contributed by atoms with van der Waals surface area (Å²) >= 11 is 0. The lowest BCUT2D eigenvalue weighted by Crippen LogP contribution is -2.69. The zero-order valence-corrected chi connectivity index (χ0v) is 14.9. The van der Waals surface area contributed by atoms with Crippen molar-refractivity contribution in [3.63, 3.8) is 0 Å². The molecule has 3 saturated heterocycles. The van der Waals surface area contributed by atoms with Gasteiger partial charge in [0.25, 0.3) is 11.8 Å². The summed E-state index contributed by atoms with van der Waals surface area (Å²) in [5.41, 5.74) is 6.01. The van der Waals surface area contributed by atoms with Crippen molar-refractivity contribution in [3.8, 4) is 0 Å². The Morgan fingerprint density at radius 1 is 1.36 bits per heavy atom. The molecule has 0 bridgehead atoms. The lowest BCUT2D eigenvalue weighted by Gasteiger charge is -2.49. The number of carbonyl (C=O) groups excluding carboxylic acids is 1. The van der Waals surface area contributed by atoms with E-state index in [1.54, 1.807) is 4.90 Å². The van der Waals surface area contributed by atoms with Gasteiger partial charge >= 0.3 is 0 Å². The van der Waals surface area contributed by atoms with Crippen LogP contribution in [-0.2, 0) is 16.0 Å². The predicted molar refractivity (Wildman–Crippen MR) is 93.2 cm³/mol. The van der Waals surface area contributed by atoms with Gasteiger partial charge < -0.3 is 9.84 Å². The highest BCUT2D eigenvalue weighted by atomic mass is 16.7. The van der Waals surface area contributed by atoms with Crippen LogP contribution in [0.15, 0.2) is 30.3 Å². The minimum Gasteiger partial charge on any atom is -0.347 e. The van der Waals surface area contributed by atoms with E-state index in [0.29, 0.717) is 6.42 Å². The molecule has 0 unspecified atom stereocenters. The average Bonchev–Trinajstić information content (AvgIpc) is 3.11. The SMILES string of the molecule is CC(C)[C@@]1(N)O[C@@]2(O)[C@@H]3CCCN3C[C@H](Cc3ccccc3)N2C1=O. The molecule has 25 heavy (non-hydrogen) atoms. The maximum atomic E-state index is 13.2. The van der Waals surface area contributed by atoms with Gasteiger partial charge in [0.1, 0.15) is 0 Å². The molecule has 1 aromatic carbocycles. The first-order valence-corrected chi connectivity index (χ1v) is 9.19. The number of hydrogen-bond acceptors (Lipinski definition) is 5. The highest BCUT2D eigenvalue weighted by Gasteiger charge is 2.68. The molecule has 1 aromatic rings. The van der Waals surface area contributed by atoms with Crippen LogP contribution < -0.4 is 5.73 Å². The lowest BCUT2D eigenvalue weighted by molar-refractivity contribution is -0.325. The average molecular weight is 345 g/mol. The van der Waals surface area contributed by atoms with Crippen molar-refractivity contribution in [1.29, 1.82) is 0 Å². The van der Waals surface area contributed by atoms with Gasteiger partial charge in [-0.1, -0.05) is 44.2 Å². The van der Waals surface area contributed by atoms with E-state index >= 15 is 0 Å². The molecule has 0 spiro atoms. The molecule has 4 atom stereocenters. The van der Waals surface area contributed by atoms with Gasteiger partial charge in [-0.3, -0.25) is 20.3 Å². The molecular formula is C19H27N3O3. The van der Waals surface area contributed by atoms with E-state index in [2.05, 4.69) is 17.0 Å². The number of hydrogen-bond donors (Lipinski definition) is 2. The van der Waals surface area contributed by atoms with E-state index in [4.69, 9.17) is 10.5 Å². The van der Waals surface area contributed by atoms with Crippen LogP contribution in [-0.4, -0.2) is 57.6 Å². The quantitative estimate of drug-likeness (QED) is 0.851. The number of nitrogens with zero attached hydrogens (tertiary/aromatic N) is 2. The molecule has 6 nitrogen and oxygen atoms in total. The Kier molecular flexibility index (Phi) is 3.92. The normalized spacial score (nSPS) is 38.3. The Morgan fingerprint density at radius 2 is 2.08 bits per heavy atom. The second kappa shape index (κ2) is 5.77. The molecule has 3 fully saturated rings. The van der Waals surface area contributed by atoms with E-state index in [0.717, 1.165) is 31.5 Å². The minimum atomic E-state index is -1.63. The summed E-state index contributed by atoms with van der Waals surface area (Å²) in [7, 11) is 0. The van der Waals surface area contributed by atoms with Gasteiger partial charge in [-0.25, -0.2) is 0 Å². The maximum absolute atomic E-state index is 13.2. The van der Waals surface area contributed by atoms with Crippen molar-refractivity contribution < 1.29 is 14.6 Å². The van der Waals surface area contributed by atoms with Gasteiger partial charge in [-0.05, 0) is 31.4 Å². The topological polar surface area (TPSA) is 79.0 Å². The number of carbonyl (C=O) groups is 1. The fourth-order valence-corrected chi connectivity index (χ4v) is 4.56. The molecule has 0 saturated carbocycles. The van der Waals surface area contributed by atoms with Gasteiger partial charge in [-0.15, -0.1) is 0 Å². The molecule has 4 rings (SSSR count). The van der Waals surface area contributed by atoms with Crippen molar-refractivity contribution in [2.24, 2.45) is 11.7 Å². The molecular weight excluding hydrogens is 318 g/mol. The summed E-state index contributed by atoms with van der Waals surface area (Å²) in [5, 5.41) is 11.4. The number of piperazine rings is 1. The Balaban J connectivity index is 1.72. The fourth-order valence-electron chi connectivity index (χ4n) is 4.56. The molecule has 3 N–H and O–H groups in total. The molecule has 0 radical (unpaired) electrons. The van der Waals surface area contributed by atoms with Gasteiger partial charge in [0.2, 0.25) is 5.72 Å². The first-order chi connectivity index (χ1) is 11.9. The Morgan fingerprint density at radius 3 is 2.76 bits per heavy atom. The molecule has 6 heteroatoms. The predicted octanol–water partition coefficient (Wildman–Crippen LogP) is 0.892. The monoisotopic (exact) mass is 345 g/mol. The highest BCUT2D eigenvalue weighted by Crippen LogP contribution is 2.46. The van der Waals surface area contributed by atoms with Crippen molar-refractivity contribution in [2.45, 2.75) is 56.8 Å². The first-order valence-electron chi connectivity index (χ1n) is 9.19. The van der Waals surface area contributed by atoms with E-state index in [-0.39, 0.29) is 23.9 Å². The van der Waals surface area contributed by atoms with E-state index in [1.807, 2.05) is 32.0 Å². The third kappa shape index (κ3) is 2.43. The Hall–Kier alpha value is -1.47. The summed E-state index contributed by atoms with van der Waals surface area (Å²) in [5.74, 6) is -2.15. The third-order valence-corrected chi connectivity index (χ3v) is 6.00. The number of aliphatic hydroxyl groups is 1. The molecule has 3 heterocycles. The van der Waals surface area contributed by atoms with Crippen LogP contribution >= 0.6 is 0 Å². The van der Waals surface area contributed by atoms with E-state index in [1.165, 1.54) is 0 Å². The third-order valence-electron chi connectivity index (χ3n) is 6.00. The van der Waals surface area contributed by atoms with Crippen molar-refractivity contribution in [1.82, 2.24) is 9.80 Å². The van der Waals surface area contributed by atoms with Crippen LogP contribution in [0, 0.1) is 5.92 Å². The minimum absolute atomic E-state index is 0.154. The number of ether oxygens (including phenoxy) is 1. The van der Waals surface area contributed by atoms with Crippen LogP contribution in [0.5, 0.6) is 0 Å². The summed E-state index contributed by atoms with van der Waals surface area (Å²) in [4.78, 5) is 17.0. The number of benzene rings is 1. The fraction of sp³-hybridized carbons (Fsp3) is 0.632. The molecule has 3 aliphatic rings. The zero-order valence-electron chi connectivity index (χ0n) is 14.9. The molecule has 1 amide bonds. The van der Waals surface area contributed by atoms with Gasteiger partial charge in [0, 0.05) is 12.5 Å². The smallest absolute Gasteiger partial charge is 0.274 e. The number of fused-ring (bicyclic) bond motifs is 3. The Labute approximate surface area is 148 Å². The van der Waals surface area contributed by atoms with Gasteiger partial charge in [-0.2, -0.15) is 0 Å². The second-order valence-electron chi connectivity index (χ2n) is 7.88. The molecule has 0 aromatic heterocycles. The van der Waals surface area contributed by atoms with Crippen LogP contribution in [0.3, 0.4) is 0 Å². The van der Waals surface area contributed by atoms with Crippen molar-refractivity contribution >= 4 is 5.91 Å². The van der Waals surface area contributed by atoms with Crippen LogP contribution in [0.2, 0.25) is 0 Å². The summed E-state index contributed by atoms with van der Waals surface area (Å²) in [6.45, 7) is 5.38. The van der Waals surface area contributed by atoms with Crippen LogP contribution in [0.25, 0.3) is 0 Å². The van der Waals surface area contributed by atoms with Crippen LogP contribution in [0.4, 0.5) is 0 Å². The maximum Gasteiger partial charge on any atom is 0.274 e. The van der Waals surface area contributed by atoms with E-state index < -0.39 is 11.6 Å². The first kappa shape index (κ1) is 17.0. The summed E-state index contributed by atoms with van der Waals surface area (Å²) in [6, 6.07) is 9.71. The summed E-state index contributed by atoms with van der Waals surface area (Å²) < 4.78 is 5.96. The van der Waals surface area contributed by atoms with Gasteiger partial charge in [0.15, 0.2) is 0 Å². The number of nitrogens with two attached hydrogens (primary N) is 1. The van der Waals surface area contributed by atoms with Gasteiger partial charge in [0.05, 0.1) is 12.1 Å². The molecule has 136 valence electrons. The Bertz CT molecular complexity index is 667. The summed E-state index contributed by atoms with van der Waals surface area (Å²) in [6.07, 6.45) is 2.48. The largest absolute Gasteiger partial charge is 0.347 e.